The van der Waals surface area contributed by atoms with Crippen molar-refractivity contribution in [3.8, 4) is 5.75 Å². The first-order valence-corrected chi connectivity index (χ1v) is 10.1. The highest BCUT2D eigenvalue weighted by atomic mass is 16.5. The van der Waals surface area contributed by atoms with E-state index in [0.29, 0.717) is 0 Å². The van der Waals surface area contributed by atoms with Gasteiger partial charge in [0.05, 0.1) is 7.11 Å². The third-order valence-electron chi connectivity index (χ3n) is 5.34. The van der Waals surface area contributed by atoms with E-state index in [1.165, 1.54) is 0 Å². The zero-order valence-corrected chi connectivity index (χ0v) is 16.7. The molecule has 1 heterocycles. The summed E-state index contributed by atoms with van der Waals surface area (Å²) in [4.78, 5) is 15.3. The number of likely N-dealkylation sites (tertiary alicyclic amines) is 1. The van der Waals surface area contributed by atoms with Gasteiger partial charge in [-0.15, -0.1) is 0 Å². The van der Waals surface area contributed by atoms with Crippen molar-refractivity contribution in [2.75, 3.05) is 20.2 Å². The summed E-state index contributed by atoms with van der Waals surface area (Å²) in [5.74, 6) is 0.836. The van der Waals surface area contributed by atoms with Crippen LogP contribution >= 0.6 is 0 Å². The van der Waals surface area contributed by atoms with Crippen LogP contribution in [-0.4, -0.2) is 31.0 Å². The van der Waals surface area contributed by atoms with Crippen molar-refractivity contribution >= 4 is 17.6 Å². The van der Waals surface area contributed by atoms with Crippen LogP contribution in [0.25, 0.3) is 11.6 Å². The Morgan fingerprint density at radius 2 is 1.52 bits per heavy atom. The second-order valence-corrected chi connectivity index (χ2v) is 7.25. The van der Waals surface area contributed by atoms with Crippen LogP contribution in [0.4, 0.5) is 0 Å². The largest absolute Gasteiger partial charge is 0.497 e. The first kappa shape index (κ1) is 19.0. The molecule has 1 aliphatic rings. The zero-order chi connectivity index (χ0) is 20.1. The van der Waals surface area contributed by atoms with Crippen LogP contribution in [0.5, 0.6) is 5.75 Å². The lowest BCUT2D eigenvalue weighted by Crippen LogP contribution is -2.28. The fraction of sp³-hybridized carbons (Fsp3) is 0.192. The minimum atomic E-state index is 0.0926. The van der Waals surface area contributed by atoms with Gasteiger partial charge < -0.3 is 9.64 Å². The maximum Gasteiger partial charge on any atom is 0.254 e. The minimum Gasteiger partial charge on any atom is -0.497 e. The van der Waals surface area contributed by atoms with Gasteiger partial charge in [-0.05, 0) is 59.4 Å². The van der Waals surface area contributed by atoms with E-state index in [1.54, 1.807) is 7.11 Å². The summed E-state index contributed by atoms with van der Waals surface area (Å²) in [6, 6.07) is 26.2. The number of methoxy groups -OCH3 is 1. The first-order valence-electron chi connectivity index (χ1n) is 10.1. The normalized spacial score (nSPS) is 14.1. The zero-order valence-electron chi connectivity index (χ0n) is 16.7. The third kappa shape index (κ3) is 4.24. The highest BCUT2D eigenvalue weighted by molar-refractivity contribution is 6.04. The fourth-order valence-corrected chi connectivity index (χ4v) is 3.80. The molecular weight excluding hydrogens is 358 g/mol. The van der Waals surface area contributed by atoms with Crippen molar-refractivity contribution < 1.29 is 9.53 Å². The number of hydrogen-bond acceptors (Lipinski definition) is 2. The number of carbonyl (C=O) groups is 1. The average molecular weight is 383 g/mol. The van der Waals surface area contributed by atoms with E-state index in [0.717, 1.165) is 59.5 Å². The summed E-state index contributed by atoms with van der Waals surface area (Å²) in [5, 5.41) is 0. The van der Waals surface area contributed by atoms with E-state index < -0.39 is 0 Å². The van der Waals surface area contributed by atoms with Crippen molar-refractivity contribution in [3.63, 3.8) is 0 Å². The molecule has 29 heavy (non-hydrogen) atoms. The van der Waals surface area contributed by atoms with E-state index in [1.807, 2.05) is 59.5 Å². The van der Waals surface area contributed by atoms with Crippen LogP contribution in [0, 0.1) is 0 Å². The highest BCUT2D eigenvalue weighted by Crippen LogP contribution is 2.32. The molecule has 1 aliphatic heterocycles. The van der Waals surface area contributed by atoms with E-state index in [4.69, 9.17) is 4.74 Å². The molecule has 0 aliphatic carbocycles. The molecule has 1 saturated heterocycles. The predicted octanol–water partition coefficient (Wildman–Crippen LogP) is 5.52. The van der Waals surface area contributed by atoms with Crippen LogP contribution in [-0.2, 0) is 0 Å². The fourth-order valence-electron chi connectivity index (χ4n) is 3.80. The summed E-state index contributed by atoms with van der Waals surface area (Å²) in [5.41, 5.74) is 4.79. The molecule has 0 spiro atoms. The monoisotopic (exact) mass is 383 g/mol. The maximum absolute atomic E-state index is 13.3. The van der Waals surface area contributed by atoms with Crippen molar-refractivity contribution in [2.24, 2.45) is 0 Å². The van der Waals surface area contributed by atoms with Crippen LogP contribution in [0.15, 0.2) is 78.9 Å². The van der Waals surface area contributed by atoms with Gasteiger partial charge >= 0.3 is 0 Å². The molecule has 0 atom stereocenters. The maximum atomic E-state index is 13.3. The van der Waals surface area contributed by atoms with Gasteiger partial charge in [0.15, 0.2) is 0 Å². The Morgan fingerprint density at radius 1 is 0.862 bits per heavy atom. The number of hydrogen-bond donors (Lipinski definition) is 0. The van der Waals surface area contributed by atoms with Crippen LogP contribution in [0.2, 0.25) is 0 Å². The van der Waals surface area contributed by atoms with E-state index in [9.17, 15) is 4.79 Å². The smallest absolute Gasteiger partial charge is 0.254 e. The Bertz CT molecular complexity index is 1000. The molecule has 1 fully saturated rings. The third-order valence-corrected chi connectivity index (χ3v) is 5.34. The minimum absolute atomic E-state index is 0.0926. The molecule has 3 nitrogen and oxygen atoms in total. The number of amides is 1. The number of ether oxygens (including phenoxy) is 1. The lowest BCUT2D eigenvalue weighted by atomic mass is 9.91. The predicted molar refractivity (Wildman–Crippen MR) is 118 cm³/mol. The lowest BCUT2D eigenvalue weighted by molar-refractivity contribution is 0.0792. The summed E-state index contributed by atoms with van der Waals surface area (Å²) < 4.78 is 5.50. The van der Waals surface area contributed by atoms with Crippen molar-refractivity contribution in [2.45, 2.75) is 12.8 Å². The molecule has 1 amide bonds. The second kappa shape index (κ2) is 8.78. The van der Waals surface area contributed by atoms with Crippen LogP contribution in [0.1, 0.15) is 39.9 Å². The Morgan fingerprint density at radius 3 is 2.17 bits per heavy atom. The molecule has 0 saturated carbocycles. The Labute approximate surface area is 172 Å². The summed E-state index contributed by atoms with van der Waals surface area (Å²) >= 11 is 0. The molecule has 3 aromatic rings. The van der Waals surface area contributed by atoms with Crippen molar-refractivity contribution in [1.29, 1.82) is 0 Å². The van der Waals surface area contributed by atoms with Crippen LogP contribution < -0.4 is 4.74 Å². The Kier molecular flexibility index (Phi) is 5.76. The molecule has 0 aromatic heterocycles. The molecule has 4 rings (SSSR count). The lowest BCUT2D eigenvalue weighted by Gasteiger charge is -2.20. The summed E-state index contributed by atoms with van der Waals surface area (Å²) in [6.45, 7) is 1.65. The Hall–Kier alpha value is -3.33. The number of nitrogens with zero attached hydrogens (tertiary/aromatic N) is 1. The molecular formula is C26H25NO2. The van der Waals surface area contributed by atoms with Crippen molar-refractivity contribution in [3.05, 3.63) is 101 Å². The highest BCUT2D eigenvalue weighted by Gasteiger charge is 2.24. The van der Waals surface area contributed by atoms with Gasteiger partial charge in [-0.1, -0.05) is 60.7 Å². The second-order valence-electron chi connectivity index (χ2n) is 7.25. The first-order chi connectivity index (χ1) is 14.3. The van der Waals surface area contributed by atoms with Gasteiger partial charge in [0.2, 0.25) is 0 Å². The molecule has 0 unspecified atom stereocenters. The average Bonchev–Trinajstić information content (AvgIpc) is 3.33. The molecule has 3 aromatic carbocycles. The molecule has 3 heteroatoms. The summed E-state index contributed by atoms with van der Waals surface area (Å²) in [6.07, 6.45) is 4.29. The number of rotatable bonds is 5. The van der Waals surface area contributed by atoms with E-state index >= 15 is 0 Å². The standard InChI is InChI=1S/C26H25NO2/c1-29-22-14-15-23(26(28)27-16-8-9-17-27)25(19-22)24(21-12-6-3-7-13-21)18-20-10-4-2-5-11-20/h2-7,10-15,18-19H,8-9,16-17H2,1H3/b24-18+. The van der Waals surface area contributed by atoms with Gasteiger partial charge in [0, 0.05) is 18.7 Å². The van der Waals surface area contributed by atoms with Gasteiger partial charge in [-0.3, -0.25) is 4.79 Å². The van der Waals surface area contributed by atoms with Crippen molar-refractivity contribution in [1.82, 2.24) is 4.90 Å². The van der Waals surface area contributed by atoms with E-state index in [-0.39, 0.29) is 5.91 Å². The van der Waals surface area contributed by atoms with Gasteiger partial charge in [-0.2, -0.15) is 0 Å². The van der Waals surface area contributed by atoms with Crippen LogP contribution in [0.3, 0.4) is 0 Å². The quantitative estimate of drug-likeness (QED) is 0.543. The Balaban J connectivity index is 1.89. The number of benzene rings is 3. The van der Waals surface area contributed by atoms with Gasteiger partial charge in [0.1, 0.15) is 5.75 Å². The molecule has 0 radical (unpaired) electrons. The van der Waals surface area contributed by atoms with Gasteiger partial charge in [-0.25, -0.2) is 0 Å². The summed E-state index contributed by atoms with van der Waals surface area (Å²) in [7, 11) is 1.66. The SMILES string of the molecule is COc1ccc(C(=O)N2CCCC2)c(/C(=C/c2ccccc2)c2ccccc2)c1. The van der Waals surface area contributed by atoms with E-state index in [2.05, 4.69) is 30.3 Å². The molecule has 0 N–H and O–H groups in total. The molecule has 146 valence electrons. The number of carbonyl (C=O) groups excluding carboxylic acids is 1. The molecule has 0 bridgehead atoms. The topological polar surface area (TPSA) is 29.5 Å². The van der Waals surface area contributed by atoms with Gasteiger partial charge in [0.25, 0.3) is 5.91 Å².